The Bertz CT molecular complexity index is 556. The van der Waals surface area contributed by atoms with Crippen molar-refractivity contribution in [2.24, 2.45) is 0 Å². The van der Waals surface area contributed by atoms with Gasteiger partial charge in [0.1, 0.15) is 5.75 Å². The molecule has 1 aromatic carbocycles. The first-order valence-corrected chi connectivity index (χ1v) is 5.44. The molecule has 2 aromatic rings. The molecular formula is C12H15N5O. The lowest BCUT2D eigenvalue weighted by Crippen LogP contribution is -2.15. The lowest BCUT2D eigenvalue weighted by atomic mass is 10.2. The first-order valence-electron chi connectivity index (χ1n) is 5.44. The Morgan fingerprint density at radius 3 is 2.50 bits per heavy atom. The predicted molar refractivity (Wildman–Crippen MR) is 70.6 cm³/mol. The number of anilines is 2. The number of benzene rings is 1. The van der Waals surface area contributed by atoms with Crippen molar-refractivity contribution in [3.63, 3.8) is 0 Å². The molecule has 0 aliphatic rings. The van der Waals surface area contributed by atoms with Gasteiger partial charge in [0.15, 0.2) is 5.82 Å². The summed E-state index contributed by atoms with van der Waals surface area (Å²) in [6, 6.07) is 7.52. The van der Waals surface area contributed by atoms with Gasteiger partial charge in [0.25, 0.3) is 0 Å². The molecule has 0 spiro atoms. The number of methoxy groups -OCH3 is 1. The van der Waals surface area contributed by atoms with E-state index in [2.05, 4.69) is 15.0 Å². The molecule has 0 aliphatic carbocycles. The van der Waals surface area contributed by atoms with E-state index in [9.17, 15) is 0 Å². The maximum atomic E-state index is 5.70. The molecule has 6 heteroatoms. The van der Waals surface area contributed by atoms with E-state index in [-0.39, 0.29) is 5.95 Å². The number of nitrogens with two attached hydrogens (primary N) is 1. The Hall–Kier alpha value is -2.37. The second-order valence-corrected chi connectivity index (χ2v) is 3.91. The zero-order valence-electron chi connectivity index (χ0n) is 10.6. The van der Waals surface area contributed by atoms with E-state index in [1.54, 1.807) is 12.0 Å². The van der Waals surface area contributed by atoms with Gasteiger partial charge in [-0.05, 0) is 12.1 Å². The highest BCUT2D eigenvalue weighted by Crippen LogP contribution is 2.27. The summed E-state index contributed by atoms with van der Waals surface area (Å²) in [6.07, 6.45) is 0. The number of hydrogen-bond acceptors (Lipinski definition) is 6. The molecule has 0 radical (unpaired) electrons. The molecule has 0 saturated heterocycles. The molecule has 2 N–H and O–H groups in total. The van der Waals surface area contributed by atoms with Crippen LogP contribution in [0.5, 0.6) is 5.75 Å². The molecule has 0 unspecified atom stereocenters. The third kappa shape index (κ3) is 2.32. The number of rotatable bonds is 3. The van der Waals surface area contributed by atoms with Crippen LogP contribution in [-0.4, -0.2) is 36.2 Å². The molecule has 1 aromatic heterocycles. The predicted octanol–water partition coefficient (Wildman–Crippen LogP) is 1.20. The van der Waals surface area contributed by atoms with E-state index in [1.165, 1.54) is 0 Å². The van der Waals surface area contributed by atoms with Gasteiger partial charge in [0.2, 0.25) is 11.9 Å². The summed E-state index contributed by atoms with van der Waals surface area (Å²) in [5.41, 5.74) is 6.49. The van der Waals surface area contributed by atoms with Gasteiger partial charge >= 0.3 is 0 Å². The van der Waals surface area contributed by atoms with Crippen LogP contribution in [0, 0.1) is 0 Å². The van der Waals surface area contributed by atoms with Crippen LogP contribution in [0.2, 0.25) is 0 Å². The molecule has 94 valence electrons. The summed E-state index contributed by atoms with van der Waals surface area (Å²) in [7, 11) is 5.30. The van der Waals surface area contributed by atoms with Crippen LogP contribution in [0.15, 0.2) is 24.3 Å². The summed E-state index contributed by atoms with van der Waals surface area (Å²) < 4.78 is 5.29. The first-order chi connectivity index (χ1) is 8.61. The van der Waals surface area contributed by atoms with Crippen molar-refractivity contribution >= 4 is 11.9 Å². The van der Waals surface area contributed by atoms with Crippen LogP contribution in [0.3, 0.4) is 0 Å². The molecule has 18 heavy (non-hydrogen) atoms. The lowest BCUT2D eigenvalue weighted by molar-refractivity contribution is 0.416. The van der Waals surface area contributed by atoms with Gasteiger partial charge in [-0.3, -0.25) is 0 Å². The summed E-state index contributed by atoms with van der Waals surface area (Å²) in [4.78, 5) is 14.3. The van der Waals surface area contributed by atoms with Crippen molar-refractivity contribution in [1.82, 2.24) is 15.0 Å². The van der Waals surface area contributed by atoms with Crippen LogP contribution in [0.1, 0.15) is 0 Å². The van der Waals surface area contributed by atoms with Crippen LogP contribution < -0.4 is 15.4 Å². The van der Waals surface area contributed by atoms with Gasteiger partial charge in [-0.2, -0.15) is 15.0 Å². The first kappa shape index (κ1) is 12.1. The van der Waals surface area contributed by atoms with Crippen molar-refractivity contribution in [3.05, 3.63) is 24.3 Å². The van der Waals surface area contributed by atoms with E-state index >= 15 is 0 Å². The molecule has 0 amide bonds. The number of aromatic nitrogens is 3. The third-order valence-corrected chi connectivity index (χ3v) is 2.39. The topological polar surface area (TPSA) is 77.2 Å². The standard InChI is InChI=1S/C12H15N5O/c1-17(2)12-15-10(14-11(13)16-12)8-6-4-5-7-9(8)18-3/h4-7H,1-3H3,(H2,13,14,15,16). The monoisotopic (exact) mass is 245 g/mol. The molecule has 1 heterocycles. The number of nitrogen functional groups attached to an aromatic ring is 1. The van der Waals surface area contributed by atoms with Crippen LogP contribution >= 0.6 is 0 Å². The number of nitrogens with zero attached hydrogens (tertiary/aromatic N) is 4. The minimum Gasteiger partial charge on any atom is -0.496 e. The van der Waals surface area contributed by atoms with Gasteiger partial charge in [0.05, 0.1) is 12.7 Å². The van der Waals surface area contributed by atoms with Crippen LogP contribution in [-0.2, 0) is 0 Å². The van der Waals surface area contributed by atoms with E-state index in [0.29, 0.717) is 17.5 Å². The fraction of sp³-hybridized carbons (Fsp3) is 0.250. The minimum absolute atomic E-state index is 0.189. The zero-order valence-corrected chi connectivity index (χ0v) is 10.6. The highest BCUT2D eigenvalue weighted by Gasteiger charge is 2.11. The Morgan fingerprint density at radius 2 is 1.83 bits per heavy atom. The lowest BCUT2D eigenvalue weighted by Gasteiger charge is -2.12. The van der Waals surface area contributed by atoms with Crippen molar-refractivity contribution < 1.29 is 4.74 Å². The fourth-order valence-electron chi connectivity index (χ4n) is 1.53. The van der Waals surface area contributed by atoms with Crippen LogP contribution in [0.4, 0.5) is 11.9 Å². The maximum absolute atomic E-state index is 5.70. The summed E-state index contributed by atoms with van der Waals surface area (Å²) in [5, 5.41) is 0. The second-order valence-electron chi connectivity index (χ2n) is 3.91. The van der Waals surface area contributed by atoms with Crippen molar-refractivity contribution in [1.29, 1.82) is 0 Å². The number of ether oxygens (including phenoxy) is 1. The van der Waals surface area contributed by atoms with E-state index in [4.69, 9.17) is 10.5 Å². The van der Waals surface area contributed by atoms with Gasteiger partial charge in [-0.15, -0.1) is 0 Å². The normalized spacial score (nSPS) is 10.2. The van der Waals surface area contributed by atoms with E-state index < -0.39 is 0 Å². The SMILES string of the molecule is COc1ccccc1-c1nc(N)nc(N(C)C)n1. The average molecular weight is 245 g/mol. The average Bonchev–Trinajstić information content (AvgIpc) is 2.38. The Morgan fingerprint density at radius 1 is 1.11 bits per heavy atom. The molecule has 0 saturated carbocycles. The van der Waals surface area contributed by atoms with Crippen molar-refractivity contribution in [2.45, 2.75) is 0 Å². The number of hydrogen-bond donors (Lipinski definition) is 1. The molecular weight excluding hydrogens is 230 g/mol. The maximum Gasteiger partial charge on any atom is 0.230 e. The molecule has 6 nitrogen and oxygen atoms in total. The minimum atomic E-state index is 0.189. The Balaban J connectivity index is 2.56. The summed E-state index contributed by atoms with van der Waals surface area (Å²) in [5.74, 6) is 1.91. The van der Waals surface area contributed by atoms with Crippen LogP contribution in [0.25, 0.3) is 11.4 Å². The second kappa shape index (κ2) is 4.87. The quantitative estimate of drug-likeness (QED) is 0.875. The zero-order chi connectivity index (χ0) is 13.1. The van der Waals surface area contributed by atoms with Crippen molar-refractivity contribution in [3.8, 4) is 17.1 Å². The van der Waals surface area contributed by atoms with Gasteiger partial charge < -0.3 is 15.4 Å². The Labute approximate surface area is 105 Å². The molecule has 0 aliphatic heterocycles. The highest BCUT2D eigenvalue weighted by atomic mass is 16.5. The van der Waals surface area contributed by atoms with Gasteiger partial charge in [0, 0.05) is 14.1 Å². The smallest absolute Gasteiger partial charge is 0.230 e. The summed E-state index contributed by atoms with van der Waals surface area (Å²) in [6.45, 7) is 0. The van der Waals surface area contributed by atoms with Gasteiger partial charge in [-0.25, -0.2) is 0 Å². The van der Waals surface area contributed by atoms with Crippen molar-refractivity contribution in [2.75, 3.05) is 31.8 Å². The fourth-order valence-corrected chi connectivity index (χ4v) is 1.53. The summed E-state index contributed by atoms with van der Waals surface area (Å²) >= 11 is 0. The van der Waals surface area contributed by atoms with E-state index in [1.807, 2.05) is 38.4 Å². The molecule has 0 bridgehead atoms. The van der Waals surface area contributed by atoms with E-state index in [0.717, 1.165) is 5.56 Å². The Kier molecular flexibility index (Phi) is 3.27. The number of para-hydroxylation sites is 1. The molecule has 2 rings (SSSR count). The molecule has 0 fully saturated rings. The van der Waals surface area contributed by atoms with Gasteiger partial charge in [-0.1, -0.05) is 12.1 Å². The molecule has 0 atom stereocenters. The third-order valence-electron chi connectivity index (χ3n) is 2.39. The highest BCUT2D eigenvalue weighted by molar-refractivity contribution is 5.65. The largest absolute Gasteiger partial charge is 0.496 e.